The molecule has 1 fully saturated rings. The number of ketones is 2. The summed E-state index contributed by atoms with van der Waals surface area (Å²) in [6, 6.07) is 9.70. The maximum absolute atomic E-state index is 13.6. The molecule has 3 atom stereocenters. The SMILES string of the molecule is CCCCCCCCCCc1cnc(C(C(=O)C2CCC(CC)CC2=O)c2ccccc2)nc1. The minimum Gasteiger partial charge on any atom is -0.299 e. The van der Waals surface area contributed by atoms with E-state index in [0.717, 1.165) is 36.8 Å². The molecule has 1 aliphatic carbocycles. The molecular weight excluding hydrogens is 420 g/mol. The van der Waals surface area contributed by atoms with E-state index in [-0.39, 0.29) is 11.6 Å². The van der Waals surface area contributed by atoms with Crippen molar-refractivity contribution in [2.24, 2.45) is 11.8 Å². The number of carbonyl (C=O) groups excluding carboxylic acids is 2. The van der Waals surface area contributed by atoms with Gasteiger partial charge in [-0.05, 0) is 42.7 Å². The highest BCUT2D eigenvalue weighted by Crippen LogP contribution is 2.34. The summed E-state index contributed by atoms with van der Waals surface area (Å²) in [5.74, 6) is -0.129. The van der Waals surface area contributed by atoms with Crippen LogP contribution in [-0.4, -0.2) is 21.5 Å². The summed E-state index contributed by atoms with van der Waals surface area (Å²) in [6.07, 6.45) is 18.2. The van der Waals surface area contributed by atoms with Gasteiger partial charge in [-0.2, -0.15) is 0 Å². The molecule has 0 radical (unpaired) electrons. The normalized spacial score (nSPS) is 19.2. The molecule has 0 saturated heterocycles. The van der Waals surface area contributed by atoms with Gasteiger partial charge in [0.2, 0.25) is 0 Å². The summed E-state index contributed by atoms with van der Waals surface area (Å²) in [6.45, 7) is 4.37. The van der Waals surface area contributed by atoms with Gasteiger partial charge in [0.25, 0.3) is 0 Å². The second kappa shape index (κ2) is 14.1. The fraction of sp³-hybridized carbons (Fsp3) is 0.600. The number of aryl methyl sites for hydroxylation is 1. The Hall–Kier alpha value is -2.36. The topological polar surface area (TPSA) is 59.9 Å². The van der Waals surface area contributed by atoms with Crippen molar-refractivity contribution in [1.82, 2.24) is 9.97 Å². The monoisotopic (exact) mass is 462 g/mol. The Kier molecular flexibility index (Phi) is 10.9. The van der Waals surface area contributed by atoms with Crippen molar-refractivity contribution in [2.75, 3.05) is 0 Å². The van der Waals surface area contributed by atoms with Gasteiger partial charge in [-0.25, -0.2) is 9.97 Å². The number of rotatable bonds is 14. The lowest BCUT2D eigenvalue weighted by Crippen LogP contribution is -2.34. The number of hydrogen-bond acceptors (Lipinski definition) is 4. The number of Topliss-reactive ketones (excluding diaryl/α,β-unsaturated/α-hetero) is 2. The minimum atomic E-state index is -0.578. The van der Waals surface area contributed by atoms with Gasteiger partial charge in [-0.1, -0.05) is 95.5 Å². The number of aromatic nitrogens is 2. The number of carbonyl (C=O) groups is 2. The van der Waals surface area contributed by atoms with Crippen LogP contribution in [0, 0.1) is 11.8 Å². The minimum absolute atomic E-state index is 0.0402. The standard InChI is InChI=1S/C30H42N2O2/c1-3-5-6-7-8-9-10-12-15-24-21-31-30(32-22-24)28(25-16-13-11-14-17-25)29(34)26-19-18-23(4-2)20-27(26)33/h11,13-14,16-17,21-23,26,28H,3-10,12,15,18-20H2,1-2H3. The van der Waals surface area contributed by atoms with Crippen molar-refractivity contribution in [3.63, 3.8) is 0 Å². The van der Waals surface area contributed by atoms with E-state index in [0.29, 0.717) is 24.6 Å². The smallest absolute Gasteiger partial charge is 0.158 e. The van der Waals surface area contributed by atoms with Gasteiger partial charge >= 0.3 is 0 Å². The third-order valence-electron chi connectivity index (χ3n) is 7.38. The Labute approximate surface area is 206 Å². The van der Waals surface area contributed by atoms with Crippen molar-refractivity contribution in [1.29, 1.82) is 0 Å². The molecular formula is C30H42N2O2. The van der Waals surface area contributed by atoms with Crippen molar-refractivity contribution in [3.8, 4) is 0 Å². The molecule has 0 spiro atoms. The Balaban J connectivity index is 1.62. The number of benzene rings is 1. The van der Waals surface area contributed by atoms with Crippen LogP contribution in [0.5, 0.6) is 0 Å². The molecule has 0 amide bonds. The lowest BCUT2D eigenvalue weighted by atomic mass is 9.74. The van der Waals surface area contributed by atoms with E-state index in [9.17, 15) is 9.59 Å². The molecule has 4 nitrogen and oxygen atoms in total. The van der Waals surface area contributed by atoms with Crippen LogP contribution in [0.25, 0.3) is 0 Å². The first kappa shape index (κ1) is 26.2. The van der Waals surface area contributed by atoms with Crippen LogP contribution in [0.3, 0.4) is 0 Å². The van der Waals surface area contributed by atoms with E-state index in [4.69, 9.17) is 0 Å². The molecule has 0 aliphatic heterocycles. The molecule has 4 heteroatoms. The van der Waals surface area contributed by atoms with Crippen molar-refractivity contribution < 1.29 is 9.59 Å². The van der Waals surface area contributed by atoms with E-state index >= 15 is 0 Å². The van der Waals surface area contributed by atoms with Crippen LogP contribution in [-0.2, 0) is 16.0 Å². The molecule has 3 unspecified atom stereocenters. The van der Waals surface area contributed by atoms with Crippen LogP contribution in [0.4, 0.5) is 0 Å². The summed E-state index contributed by atoms with van der Waals surface area (Å²) >= 11 is 0. The fourth-order valence-corrected chi connectivity index (χ4v) is 5.13. The van der Waals surface area contributed by atoms with E-state index in [1.54, 1.807) is 0 Å². The molecule has 1 aliphatic rings. The predicted molar refractivity (Wildman–Crippen MR) is 138 cm³/mol. The number of unbranched alkanes of at least 4 members (excludes halogenated alkanes) is 7. The number of nitrogens with zero attached hydrogens (tertiary/aromatic N) is 2. The Morgan fingerprint density at radius 3 is 2.18 bits per heavy atom. The molecule has 1 saturated carbocycles. The van der Waals surface area contributed by atoms with Gasteiger partial charge in [0.05, 0.1) is 5.92 Å². The zero-order valence-corrected chi connectivity index (χ0v) is 21.2. The van der Waals surface area contributed by atoms with E-state index in [1.807, 2.05) is 42.7 Å². The highest BCUT2D eigenvalue weighted by atomic mass is 16.2. The zero-order valence-electron chi connectivity index (χ0n) is 21.2. The average Bonchev–Trinajstić information content (AvgIpc) is 2.87. The zero-order chi connectivity index (χ0) is 24.2. The lowest BCUT2D eigenvalue weighted by molar-refractivity contribution is -0.135. The van der Waals surface area contributed by atoms with Gasteiger partial charge in [-0.15, -0.1) is 0 Å². The Morgan fingerprint density at radius 2 is 1.56 bits per heavy atom. The average molecular weight is 463 g/mol. The molecule has 1 aromatic carbocycles. The van der Waals surface area contributed by atoms with E-state index in [2.05, 4.69) is 23.8 Å². The van der Waals surface area contributed by atoms with Gasteiger partial charge in [0.1, 0.15) is 17.5 Å². The molecule has 1 heterocycles. The van der Waals surface area contributed by atoms with Crippen LogP contribution in [0.2, 0.25) is 0 Å². The molecule has 3 rings (SSSR count). The maximum atomic E-state index is 13.6. The van der Waals surface area contributed by atoms with Crippen LogP contribution in [0.1, 0.15) is 114 Å². The molecule has 0 bridgehead atoms. The Bertz CT molecular complexity index is 878. The summed E-state index contributed by atoms with van der Waals surface area (Å²) in [4.78, 5) is 35.7. The first-order chi connectivity index (χ1) is 16.6. The first-order valence-electron chi connectivity index (χ1n) is 13.6. The van der Waals surface area contributed by atoms with Crippen LogP contribution in [0.15, 0.2) is 42.7 Å². The second-order valence-corrected chi connectivity index (χ2v) is 10.00. The van der Waals surface area contributed by atoms with Crippen molar-refractivity contribution in [2.45, 2.75) is 103 Å². The van der Waals surface area contributed by atoms with E-state index < -0.39 is 11.8 Å². The number of hydrogen-bond donors (Lipinski definition) is 0. The quantitative estimate of drug-likeness (QED) is 0.219. The maximum Gasteiger partial charge on any atom is 0.158 e. The molecule has 0 N–H and O–H groups in total. The largest absolute Gasteiger partial charge is 0.299 e. The molecule has 1 aromatic heterocycles. The molecule has 34 heavy (non-hydrogen) atoms. The summed E-state index contributed by atoms with van der Waals surface area (Å²) in [5, 5.41) is 0. The van der Waals surface area contributed by atoms with Crippen molar-refractivity contribution >= 4 is 11.6 Å². The van der Waals surface area contributed by atoms with Gasteiger partial charge < -0.3 is 0 Å². The van der Waals surface area contributed by atoms with E-state index in [1.165, 1.54) is 44.9 Å². The van der Waals surface area contributed by atoms with Crippen LogP contribution >= 0.6 is 0 Å². The summed E-state index contributed by atoms with van der Waals surface area (Å²) in [5.41, 5.74) is 1.99. The highest BCUT2D eigenvalue weighted by molar-refractivity contribution is 6.06. The third-order valence-corrected chi connectivity index (χ3v) is 7.38. The predicted octanol–water partition coefficient (Wildman–Crippen LogP) is 7.26. The molecule has 184 valence electrons. The van der Waals surface area contributed by atoms with Crippen molar-refractivity contribution in [3.05, 3.63) is 59.7 Å². The third kappa shape index (κ3) is 7.58. The van der Waals surface area contributed by atoms with Gasteiger partial charge in [-0.3, -0.25) is 9.59 Å². The lowest BCUT2D eigenvalue weighted by Gasteiger charge is -2.28. The Morgan fingerprint density at radius 1 is 0.912 bits per heavy atom. The fourth-order valence-electron chi connectivity index (χ4n) is 5.13. The second-order valence-electron chi connectivity index (χ2n) is 10.00. The van der Waals surface area contributed by atoms with Gasteiger partial charge in [0.15, 0.2) is 5.78 Å². The van der Waals surface area contributed by atoms with Gasteiger partial charge in [0, 0.05) is 18.8 Å². The summed E-state index contributed by atoms with van der Waals surface area (Å²) < 4.78 is 0. The molecule has 2 aromatic rings. The summed E-state index contributed by atoms with van der Waals surface area (Å²) in [7, 11) is 0. The first-order valence-corrected chi connectivity index (χ1v) is 13.6. The highest BCUT2D eigenvalue weighted by Gasteiger charge is 2.38. The van der Waals surface area contributed by atoms with Crippen LogP contribution < -0.4 is 0 Å².